The zero-order chi connectivity index (χ0) is 19.8. The smallest absolute Gasteiger partial charge is 0.271 e. The van der Waals surface area contributed by atoms with Crippen LogP contribution in [0.3, 0.4) is 0 Å². The summed E-state index contributed by atoms with van der Waals surface area (Å²) in [4.78, 5) is 27.8. The van der Waals surface area contributed by atoms with Gasteiger partial charge >= 0.3 is 0 Å². The van der Waals surface area contributed by atoms with Crippen molar-refractivity contribution in [1.82, 2.24) is 19.5 Å². The van der Waals surface area contributed by atoms with Gasteiger partial charge in [-0.25, -0.2) is 15.0 Å². The molecule has 0 spiro atoms. The third kappa shape index (κ3) is 3.14. The van der Waals surface area contributed by atoms with E-state index in [-0.39, 0.29) is 16.8 Å². The van der Waals surface area contributed by atoms with E-state index >= 15 is 0 Å². The van der Waals surface area contributed by atoms with Crippen molar-refractivity contribution in [3.63, 3.8) is 0 Å². The molecule has 140 valence electrons. The first-order valence-corrected chi connectivity index (χ1v) is 9.99. The Morgan fingerprint density at radius 2 is 1.61 bits per heavy atom. The van der Waals surface area contributed by atoms with Crippen molar-refractivity contribution >= 4 is 28.6 Å². The minimum atomic E-state index is -0.282. The molecule has 0 aliphatic carbocycles. The largest absolute Gasteiger partial charge is 0.383 e. The number of thioether (sulfide) groups is 1. The van der Waals surface area contributed by atoms with Crippen LogP contribution in [0.1, 0.15) is 11.4 Å². The number of aryl methyl sites for hydroxylation is 2. The van der Waals surface area contributed by atoms with Gasteiger partial charge in [-0.2, -0.15) is 0 Å². The fraction of sp³-hybridized carbons (Fsp3) is 0.143. The highest BCUT2D eigenvalue weighted by molar-refractivity contribution is 7.98. The molecule has 2 N–H and O–H groups in total. The van der Waals surface area contributed by atoms with Crippen molar-refractivity contribution in [2.24, 2.45) is 0 Å². The van der Waals surface area contributed by atoms with E-state index in [1.165, 1.54) is 0 Å². The summed E-state index contributed by atoms with van der Waals surface area (Å²) in [5.74, 6) is 1.14. The Balaban J connectivity index is 2.09. The van der Waals surface area contributed by atoms with E-state index in [0.717, 1.165) is 16.0 Å². The summed E-state index contributed by atoms with van der Waals surface area (Å²) < 4.78 is 1.57. The van der Waals surface area contributed by atoms with Crippen LogP contribution in [0.15, 0.2) is 58.2 Å². The summed E-state index contributed by atoms with van der Waals surface area (Å²) in [6, 6.07) is 15.7. The van der Waals surface area contributed by atoms with Crippen molar-refractivity contribution < 1.29 is 0 Å². The van der Waals surface area contributed by atoms with Gasteiger partial charge in [0.1, 0.15) is 22.9 Å². The highest BCUT2D eigenvalue weighted by Crippen LogP contribution is 2.25. The van der Waals surface area contributed by atoms with E-state index in [4.69, 9.17) is 10.7 Å². The Morgan fingerprint density at radius 3 is 2.25 bits per heavy atom. The molecular weight excluding hydrogens is 370 g/mol. The second kappa shape index (κ2) is 7.09. The predicted octanol–water partition coefficient (Wildman–Crippen LogP) is 3.76. The molecule has 0 saturated heterocycles. The normalized spacial score (nSPS) is 11.1. The van der Waals surface area contributed by atoms with Crippen LogP contribution in [-0.4, -0.2) is 25.8 Å². The molecule has 2 aromatic carbocycles. The summed E-state index contributed by atoms with van der Waals surface area (Å²) >= 11 is 1.66. The Bertz CT molecular complexity index is 1230. The van der Waals surface area contributed by atoms with Crippen LogP contribution in [-0.2, 0) is 0 Å². The van der Waals surface area contributed by atoms with Crippen LogP contribution in [0, 0.1) is 13.8 Å². The number of aromatic nitrogens is 4. The number of rotatable bonds is 3. The average Bonchev–Trinajstić information content (AvgIpc) is 2.68. The Kier molecular flexibility index (Phi) is 4.60. The number of nitrogen functional groups attached to an aromatic ring is 1. The number of anilines is 1. The lowest BCUT2D eigenvalue weighted by Gasteiger charge is -2.15. The zero-order valence-electron chi connectivity index (χ0n) is 15.8. The highest BCUT2D eigenvalue weighted by atomic mass is 32.2. The summed E-state index contributed by atoms with van der Waals surface area (Å²) in [5.41, 5.74) is 8.72. The minimum Gasteiger partial charge on any atom is -0.383 e. The van der Waals surface area contributed by atoms with Crippen LogP contribution in [0.25, 0.3) is 28.1 Å². The maximum Gasteiger partial charge on any atom is 0.271 e. The molecule has 0 bridgehead atoms. The van der Waals surface area contributed by atoms with E-state index in [9.17, 15) is 4.79 Å². The lowest BCUT2D eigenvalue weighted by atomic mass is 10.1. The van der Waals surface area contributed by atoms with Crippen molar-refractivity contribution in [1.29, 1.82) is 0 Å². The van der Waals surface area contributed by atoms with Gasteiger partial charge < -0.3 is 5.73 Å². The second-order valence-electron chi connectivity index (χ2n) is 6.49. The third-order valence-corrected chi connectivity index (χ3v) is 5.25. The Morgan fingerprint density at radius 1 is 0.929 bits per heavy atom. The number of benzene rings is 2. The van der Waals surface area contributed by atoms with E-state index in [1.54, 1.807) is 23.3 Å². The highest BCUT2D eigenvalue weighted by Gasteiger charge is 2.18. The summed E-state index contributed by atoms with van der Waals surface area (Å²) in [6.07, 6.45) is 2.02. The first kappa shape index (κ1) is 18.2. The van der Waals surface area contributed by atoms with Gasteiger partial charge in [-0.3, -0.25) is 9.36 Å². The molecule has 0 radical (unpaired) electrons. The predicted molar refractivity (Wildman–Crippen MR) is 114 cm³/mol. The molecule has 0 amide bonds. The van der Waals surface area contributed by atoms with Gasteiger partial charge in [-0.15, -0.1) is 11.8 Å². The van der Waals surface area contributed by atoms with E-state index < -0.39 is 0 Å². The molecular formula is C21H19N5OS. The molecule has 2 aromatic heterocycles. The molecule has 2 heterocycles. The van der Waals surface area contributed by atoms with E-state index in [0.29, 0.717) is 23.0 Å². The van der Waals surface area contributed by atoms with Gasteiger partial charge in [-0.1, -0.05) is 29.8 Å². The summed E-state index contributed by atoms with van der Waals surface area (Å²) in [6.45, 7) is 3.73. The van der Waals surface area contributed by atoms with Gasteiger partial charge in [0.15, 0.2) is 5.65 Å². The van der Waals surface area contributed by atoms with Crippen molar-refractivity contribution in [3.8, 4) is 17.1 Å². The fourth-order valence-electron chi connectivity index (χ4n) is 3.09. The molecule has 0 fully saturated rings. The lowest BCUT2D eigenvalue weighted by Crippen LogP contribution is -2.24. The quantitative estimate of drug-likeness (QED) is 0.537. The lowest BCUT2D eigenvalue weighted by molar-refractivity contribution is 0.956. The van der Waals surface area contributed by atoms with E-state index in [1.807, 2.05) is 61.7 Å². The third-order valence-electron chi connectivity index (χ3n) is 4.51. The molecule has 4 aromatic rings. The van der Waals surface area contributed by atoms with E-state index in [2.05, 4.69) is 9.97 Å². The molecule has 0 aliphatic heterocycles. The van der Waals surface area contributed by atoms with Crippen LogP contribution in [0.2, 0.25) is 0 Å². The Labute approximate surface area is 166 Å². The molecule has 6 nitrogen and oxygen atoms in total. The van der Waals surface area contributed by atoms with Crippen LogP contribution in [0.4, 0.5) is 5.82 Å². The molecule has 0 unspecified atom stereocenters. The topological polar surface area (TPSA) is 86.7 Å². The van der Waals surface area contributed by atoms with Crippen molar-refractivity contribution in [2.45, 2.75) is 18.7 Å². The molecule has 0 atom stereocenters. The second-order valence-corrected chi connectivity index (χ2v) is 7.37. The SMILES string of the molecule is CSc1ccc(-c2nc3nc(C)nc(N)c3c(=O)n2-c2ccc(C)cc2)cc1. The summed E-state index contributed by atoms with van der Waals surface area (Å²) in [5, 5.41) is 0.232. The van der Waals surface area contributed by atoms with Crippen molar-refractivity contribution in [2.75, 3.05) is 12.0 Å². The monoisotopic (exact) mass is 389 g/mol. The minimum absolute atomic E-state index is 0.144. The van der Waals surface area contributed by atoms with Gasteiger partial charge in [0.05, 0.1) is 5.69 Å². The zero-order valence-corrected chi connectivity index (χ0v) is 16.6. The van der Waals surface area contributed by atoms with Gasteiger partial charge in [-0.05, 0) is 44.4 Å². The number of nitrogens with two attached hydrogens (primary N) is 1. The van der Waals surface area contributed by atoms with Crippen LogP contribution in [0.5, 0.6) is 0 Å². The van der Waals surface area contributed by atoms with Gasteiger partial charge in [0.25, 0.3) is 5.56 Å². The number of hydrogen-bond acceptors (Lipinski definition) is 6. The molecule has 28 heavy (non-hydrogen) atoms. The summed E-state index contributed by atoms with van der Waals surface area (Å²) in [7, 11) is 0. The molecule has 0 saturated carbocycles. The van der Waals surface area contributed by atoms with Crippen molar-refractivity contribution in [3.05, 3.63) is 70.3 Å². The standard InChI is InChI=1S/C21H19N5OS/c1-12-4-8-15(9-5-12)26-20(14-6-10-16(28-3)11-7-14)25-19-17(21(26)27)18(22)23-13(2)24-19/h4-11H,1-3H3,(H2,22,23,24). The molecule has 0 aliphatic rings. The number of hydrogen-bond donors (Lipinski definition) is 1. The molecule has 7 heteroatoms. The number of fused-ring (bicyclic) bond motifs is 1. The first-order chi connectivity index (χ1) is 13.5. The van der Waals surface area contributed by atoms with Crippen LogP contribution >= 0.6 is 11.8 Å². The average molecular weight is 389 g/mol. The van der Waals surface area contributed by atoms with Gasteiger partial charge in [0.2, 0.25) is 0 Å². The maximum atomic E-state index is 13.4. The van der Waals surface area contributed by atoms with Crippen LogP contribution < -0.4 is 11.3 Å². The number of nitrogens with zero attached hydrogens (tertiary/aromatic N) is 4. The van der Waals surface area contributed by atoms with Gasteiger partial charge in [0, 0.05) is 10.5 Å². The maximum absolute atomic E-state index is 13.4. The first-order valence-electron chi connectivity index (χ1n) is 8.76. The fourth-order valence-corrected chi connectivity index (χ4v) is 3.50. The Hall–Kier alpha value is -3.19. The molecule has 4 rings (SSSR count).